The van der Waals surface area contributed by atoms with Gasteiger partial charge >= 0.3 is 0 Å². The zero-order valence-corrected chi connectivity index (χ0v) is 6.74. The fourth-order valence-corrected chi connectivity index (χ4v) is 1.12. The predicted molar refractivity (Wildman–Crippen MR) is 45.5 cm³/mol. The number of aromatic nitrogens is 1. The number of hydrogen-bond acceptors (Lipinski definition) is 2. The van der Waals surface area contributed by atoms with Crippen molar-refractivity contribution in [3.8, 4) is 11.3 Å². The standard InChI is InChI=1S/C10H8NO/c1-8-10(12-7-11-8)9-5-3-2-4-6-9/h2-6H,1H3. The molecule has 0 atom stereocenters. The van der Waals surface area contributed by atoms with Gasteiger partial charge in [0.25, 0.3) is 6.39 Å². The minimum atomic E-state index is 0.801. The molecule has 2 heteroatoms. The van der Waals surface area contributed by atoms with Crippen molar-refractivity contribution in [2.75, 3.05) is 0 Å². The summed E-state index contributed by atoms with van der Waals surface area (Å²) in [7, 11) is 0. The topological polar surface area (TPSA) is 26.0 Å². The summed E-state index contributed by atoms with van der Waals surface area (Å²) in [5.74, 6) is 0.801. The molecule has 0 fully saturated rings. The Morgan fingerprint density at radius 1 is 1.25 bits per heavy atom. The van der Waals surface area contributed by atoms with Gasteiger partial charge in [0.05, 0.1) is 5.69 Å². The Morgan fingerprint density at radius 3 is 2.58 bits per heavy atom. The molecule has 0 saturated carbocycles. The fraction of sp³-hybridized carbons (Fsp3) is 0.100. The van der Waals surface area contributed by atoms with Gasteiger partial charge < -0.3 is 4.42 Å². The highest BCUT2D eigenvalue weighted by molar-refractivity contribution is 5.58. The minimum absolute atomic E-state index is 0.801. The lowest BCUT2D eigenvalue weighted by Crippen LogP contribution is -1.76. The van der Waals surface area contributed by atoms with Crippen molar-refractivity contribution in [2.45, 2.75) is 6.92 Å². The lowest BCUT2D eigenvalue weighted by Gasteiger charge is -1.94. The molecule has 2 nitrogen and oxygen atoms in total. The van der Waals surface area contributed by atoms with Crippen molar-refractivity contribution in [3.63, 3.8) is 0 Å². The second-order valence-corrected chi connectivity index (χ2v) is 2.59. The average molecular weight is 158 g/mol. The summed E-state index contributed by atoms with van der Waals surface area (Å²) in [6, 6.07) is 9.89. The van der Waals surface area contributed by atoms with Crippen molar-refractivity contribution in [2.24, 2.45) is 0 Å². The number of aryl methyl sites for hydroxylation is 1. The first-order chi connectivity index (χ1) is 5.88. The van der Waals surface area contributed by atoms with E-state index in [9.17, 15) is 0 Å². The highest BCUT2D eigenvalue weighted by Gasteiger charge is 2.04. The van der Waals surface area contributed by atoms with Crippen molar-refractivity contribution in [1.29, 1.82) is 0 Å². The van der Waals surface area contributed by atoms with Gasteiger partial charge in [0.2, 0.25) is 0 Å². The first-order valence-electron chi connectivity index (χ1n) is 3.77. The average Bonchev–Trinajstić information content (AvgIpc) is 2.53. The molecule has 0 bridgehead atoms. The van der Waals surface area contributed by atoms with Crippen LogP contribution in [0.5, 0.6) is 0 Å². The van der Waals surface area contributed by atoms with E-state index >= 15 is 0 Å². The minimum Gasteiger partial charge on any atom is -0.432 e. The SMILES string of the molecule is Cc1n[c]oc1-c1ccccc1. The third-order valence-electron chi connectivity index (χ3n) is 1.73. The van der Waals surface area contributed by atoms with Crippen LogP contribution in [0, 0.1) is 13.3 Å². The molecule has 59 valence electrons. The van der Waals surface area contributed by atoms with Crippen molar-refractivity contribution in [1.82, 2.24) is 4.98 Å². The summed E-state index contributed by atoms with van der Waals surface area (Å²) in [5.41, 5.74) is 1.92. The molecule has 0 amide bonds. The van der Waals surface area contributed by atoms with Crippen molar-refractivity contribution < 1.29 is 4.42 Å². The molecule has 1 heterocycles. The maximum absolute atomic E-state index is 5.11. The van der Waals surface area contributed by atoms with Gasteiger partial charge in [0, 0.05) is 5.56 Å². The third kappa shape index (κ3) is 1.11. The summed E-state index contributed by atoms with van der Waals surface area (Å²) in [5, 5.41) is 0. The molecule has 1 aromatic carbocycles. The van der Waals surface area contributed by atoms with Crippen LogP contribution in [0.2, 0.25) is 0 Å². The van der Waals surface area contributed by atoms with Crippen LogP contribution in [0.25, 0.3) is 11.3 Å². The molecule has 2 rings (SSSR count). The monoisotopic (exact) mass is 158 g/mol. The van der Waals surface area contributed by atoms with E-state index in [1.165, 1.54) is 0 Å². The van der Waals surface area contributed by atoms with Crippen LogP contribution in [-0.4, -0.2) is 4.98 Å². The predicted octanol–water partition coefficient (Wildman–Crippen LogP) is 2.45. The second kappa shape index (κ2) is 2.81. The molecule has 0 unspecified atom stereocenters. The van der Waals surface area contributed by atoms with E-state index in [1.807, 2.05) is 37.3 Å². The largest absolute Gasteiger partial charge is 0.432 e. The first kappa shape index (κ1) is 7.10. The van der Waals surface area contributed by atoms with Gasteiger partial charge in [-0.1, -0.05) is 30.3 Å². The van der Waals surface area contributed by atoms with E-state index in [-0.39, 0.29) is 0 Å². The quantitative estimate of drug-likeness (QED) is 0.637. The van der Waals surface area contributed by atoms with Gasteiger partial charge in [0.15, 0.2) is 5.76 Å². The number of nitrogens with zero attached hydrogens (tertiary/aromatic N) is 1. The molecule has 0 spiro atoms. The summed E-state index contributed by atoms with van der Waals surface area (Å²) in [6.07, 6.45) is 2.47. The Hall–Kier alpha value is -1.57. The Kier molecular flexibility index (Phi) is 1.67. The van der Waals surface area contributed by atoms with E-state index in [2.05, 4.69) is 11.4 Å². The lowest BCUT2D eigenvalue weighted by atomic mass is 10.1. The molecule has 0 aliphatic heterocycles. The Morgan fingerprint density at radius 2 is 2.00 bits per heavy atom. The van der Waals surface area contributed by atoms with E-state index in [0.717, 1.165) is 17.0 Å². The normalized spacial score (nSPS) is 10.1. The molecular weight excluding hydrogens is 150 g/mol. The van der Waals surface area contributed by atoms with Gasteiger partial charge in [-0.05, 0) is 6.92 Å². The zero-order chi connectivity index (χ0) is 8.39. The number of rotatable bonds is 1. The summed E-state index contributed by atoms with van der Waals surface area (Å²) < 4.78 is 5.11. The lowest BCUT2D eigenvalue weighted by molar-refractivity contribution is 0.561. The second-order valence-electron chi connectivity index (χ2n) is 2.59. The molecule has 1 radical (unpaired) electrons. The number of hydrogen-bond donors (Lipinski definition) is 0. The molecule has 0 aliphatic rings. The van der Waals surface area contributed by atoms with E-state index in [0.29, 0.717) is 0 Å². The highest BCUT2D eigenvalue weighted by atomic mass is 16.3. The van der Waals surface area contributed by atoms with Gasteiger partial charge in [-0.2, -0.15) is 0 Å². The molecule has 1 aromatic heterocycles. The maximum Gasteiger partial charge on any atom is 0.284 e. The van der Waals surface area contributed by atoms with E-state index in [4.69, 9.17) is 4.42 Å². The van der Waals surface area contributed by atoms with Crippen molar-refractivity contribution in [3.05, 3.63) is 42.4 Å². The smallest absolute Gasteiger partial charge is 0.284 e. The van der Waals surface area contributed by atoms with E-state index in [1.54, 1.807) is 0 Å². The van der Waals surface area contributed by atoms with Crippen molar-refractivity contribution >= 4 is 0 Å². The van der Waals surface area contributed by atoms with Crippen LogP contribution in [0.4, 0.5) is 0 Å². The maximum atomic E-state index is 5.11. The summed E-state index contributed by atoms with van der Waals surface area (Å²) in [4.78, 5) is 3.90. The molecule has 2 aromatic rings. The third-order valence-corrected chi connectivity index (χ3v) is 1.73. The number of oxazole rings is 1. The highest BCUT2D eigenvalue weighted by Crippen LogP contribution is 2.20. The zero-order valence-electron chi connectivity index (χ0n) is 6.74. The first-order valence-corrected chi connectivity index (χ1v) is 3.77. The van der Waals surface area contributed by atoms with E-state index < -0.39 is 0 Å². The molecule has 12 heavy (non-hydrogen) atoms. The Labute approximate surface area is 70.9 Å². The Bertz CT molecular complexity index is 364. The van der Waals surface area contributed by atoms with Crippen LogP contribution < -0.4 is 0 Å². The van der Waals surface area contributed by atoms with Gasteiger partial charge in [0.1, 0.15) is 0 Å². The molecule has 0 N–H and O–H groups in total. The van der Waals surface area contributed by atoms with Crippen LogP contribution in [0.15, 0.2) is 34.7 Å². The Balaban J connectivity index is 2.51. The fourth-order valence-electron chi connectivity index (χ4n) is 1.12. The molecule has 0 aliphatic carbocycles. The summed E-state index contributed by atoms with van der Waals surface area (Å²) in [6.45, 7) is 1.91. The summed E-state index contributed by atoms with van der Waals surface area (Å²) >= 11 is 0. The molecule has 0 saturated heterocycles. The van der Waals surface area contributed by atoms with Crippen LogP contribution in [0.3, 0.4) is 0 Å². The van der Waals surface area contributed by atoms with Gasteiger partial charge in [-0.15, -0.1) is 0 Å². The number of benzene rings is 1. The van der Waals surface area contributed by atoms with Gasteiger partial charge in [-0.3, -0.25) is 0 Å². The van der Waals surface area contributed by atoms with Crippen LogP contribution in [-0.2, 0) is 0 Å². The molecular formula is C10H8NO. The van der Waals surface area contributed by atoms with Crippen LogP contribution in [0.1, 0.15) is 5.69 Å². The van der Waals surface area contributed by atoms with Crippen LogP contribution >= 0.6 is 0 Å². The van der Waals surface area contributed by atoms with Gasteiger partial charge in [-0.25, -0.2) is 4.98 Å².